The predicted octanol–water partition coefficient (Wildman–Crippen LogP) is 1.44. The maximum atomic E-state index is 12.9. The average Bonchev–Trinajstić information content (AvgIpc) is 3.26. The maximum absolute atomic E-state index is 12.9. The molecular weight excluding hydrogens is 390 g/mol. The second-order valence-corrected chi connectivity index (χ2v) is 8.58. The lowest BCUT2D eigenvalue weighted by Gasteiger charge is -2.27. The van der Waals surface area contributed by atoms with E-state index >= 15 is 0 Å². The van der Waals surface area contributed by atoms with Crippen molar-refractivity contribution in [2.24, 2.45) is 7.05 Å². The molecule has 2 aromatic rings. The smallest absolute Gasteiger partial charge is 0.257 e. The standard InChI is InChI=1S/C20H25N5O3S/c1-4-25-17(27)12-22(2)19(28)18-14-8-10-24(11-15(14)29-20(18)25)16(26)6-5-13-7-9-21-23(13)3/h7,9H,4-6,8,10-12H2,1-3H3. The van der Waals surface area contributed by atoms with Gasteiger partial charge in [-0.2, -0.15) is 5.10 Å². The largest absolute Gasteiger partial charge is 0.337 e. The number of likely N-dealkylation sites (N-methyl/N-ethyl adjacent to an activating group) is 2. The van der Waals surface area contributed by atoms with Gasteiger partial charge in [-0.15, -0.1) is 11.3 Å². The van der Waals surface area contributed by atoms with E-state index in [4.69, 9.17) is 0 Å². The molecule has 29 heavy (non-hydrogen) atoms. The molecule has 0 fully saturated rings. The lowest BCUT2D eigenvalue weighted by Crippen LogP contribution is -2.38. The van der Waals surface area contributed by atoms with Crippen LogP contribution in [0.4, 0.5) is 5.00 Å². The molecule has 154 valence electrons. The van der Waals surface area contributed by atoms with E-state index in [0.717, 1.165) is 21.1 Å². The van der Waals surface area contributed by atoms with Gasteiger partial charge in [0.2, 0.25) is 11.8 Å². The summed E-state index contributed by atoms with van der Waals surface area (Å²) in [6, 6.07) is 1.93. The fourth-order valence-corrected chi connectivity index (χ4v) is 5.47. The number of fused-ring (bicyclic) bond motifs is 3. The fourth-order valence-electron chi connectivity index (χ4n) is 4.04. The van der Waals surface area contributed by atoms with Gasteiger partial charge < -0.3 is 14.7 Å². The van der Waals surface area contributed by atoms with Crippen LogP contribution in [0.5, 0.6) is 0 Å². The minimum Gasteiger partial charge on any atom is -0.337 e. The van der Waals surface area contributed by atoms with E-state index in [1.54, 1.807) is 22.8 Å². The van der Waals surface area contributed by atoms with Gasteiger partial charge in [-0.3, -0.25) is 19.1 Å². The Morgan fingerprint density at radius 3 is 2.72 bits per heavy atom. The van der Waals surface area contributed by atoms with E-state index in [-0.39, 0.29) is 24.3 Å². The molecule has 2 aliphatic heterocycles. The van der Waals surface area contributed by atoms with Gasteiger partial charge in [-0.05, 0) is 31.4 Å². The zero-order valence-electron chi connectivity index (χ0n) is 17.0. The van der Waals surface area contributed by atoms with Gasteiger partial charge in [-0.1, -0.05) is 0 Å². The van der Waals surface area contributed by atoms with Crippen molar-refractivity contribution in [3.05, 3.63) is 34.0 Å². The highest BCUT2D eigenvalue weighted by atomic mass is 32.1. The third-order valence-corrected chi connectivity index (χ3v) is 6.94. The molecule has 0 radical (unpaired) electrons. The highest BCUT2D eigenvalue weighted by Gasteiger charge is 2.36. The number of carbonyl (C=O) groups is 3. The molecule has 0 aromatic carbocycles. The summed E-state index contributed by atoms with van der Waals surface area (Å²) in [5.74, 6) is -0.0603. The molecular formula is C20H25N5O3S. The van der Waals surface area contributed by atoms with Gasteiger partial charge in [0.25, 0.3) is 5.91 Å². The average molecular weight is 416 g/mol. The van der Waals surface area contributed by atoms with Gasteiger partial charge in [0.15, 0.2) is 0 Å². The van der Waals surface area contributed by atoms with Crippen molar-refractivity contribution in [1.82, 2.24) is 19.6 Å². The zero-order valence-corrected chi connectivity index (χ0v) is 17.8. The SMILES string of the molecule is CCN1C(=O)CN(C)C(=O)c2c1sc1c2CCN(C(=O)CCc2ccnn2C)C1. The molecule has 0 N–H and O–H groups in total. The molecule has 0 saturated heterocycles. The number of amides is 3. The Morgan fingerprint density at radius 1 is 1.24 bits per heavy atom. The molecule has 0 bridgehead atoms. The van der Waals surface area contributed by atoms with Crippen LogP contribution in [0.1, 0.15) is 39.8 Å². The topological polar surface area (TPSA) is 78.8 Å². The quantitative estimate of drug-likeness (QED) is 0.757. The summed E-state index contributed by atoms with van der Waals surface area (Å²) < 4.78 is 1.79. The lowest BCUT2D eigenvalue weighted by atomic mass is 10.0. The van der Waals surface area contributed by atoms with Crippen molar-refractivity contribution in [2.75, 3.05) is 31.6 Å². The first-order valence-corrected chi connectivity index (χ1v) is 10.7. The van der Waals surface area contributed by atoms with Crippen LogP contribution in [-0.4, -0.2) is 64.0 Å². The number of hydrogen-bond donors (Lipinski definition) is 0. The number of carbonyl (C=O) groups excluding carboxylic acids is 3. The molecule has 8 nitrogen and oxygen atoms in total. The number of aryl methyl sites for hydroxylation is 2. The number of anilines is 1. The molecule has 0 unspecified atom stereocenters. The minimum atomic E-state index is -0.0993. The Morgan fingerprint density at radius 2 is 2.03 bits per heavy atom. The molecule has 9 heteroatoms. The van der Waals surface area contributed by atoms with E-state index in [2.05, 4.69) is 5.10 Å². The summed E-state index contributed by atoms with van der Waals surface area (Å²) >= 11 is 1.48. The van der Waals surface area contributed by atoms with Crippen LogP contribution in [0.2, 0.25) is 0 Å². The van der Waals surface area contributed by atoms with Gasteiger partial charge in [-0.25, -0.2) is 0 Å². The number of aromatic nitrogens is 2. The van der Waals surface area contributed by atoms with E-state index in [9.17, 15) is 14.4 Å². The molecule has 0 saturated carbocycles. The molecule has 0 aliphatic carbocycles. The molecule has 3 amide bonds. The molecule has 4 heterocycles. The summed E-state index contributed by atoms with van der Waals surface area (Å²) in [7, 11) is 3.55. The van der Waals surface area contributed by atoms with Crippen molar-refractivity contribution < 1.29 is 14.4 Å². The summed E-state index contributed by atoms with van der Waals surface area (Å²) in [4.78, 5) is 44.3. The van der Waals surface area contributed by atoms with Crippen LogP contribution in [0.25, 0.3) is 0 Å². The highest BCUT2D eigenvalue weighted by molar-refractivity contribution is 7.17. The van der Waals surface area contributed by atoms with Crippen LogP contribution >= 0.6 is 11.3 Å². The first-order chi connectivity index (χ1) is 13.9. The Hall–Kier alpha value is -2.68. The van der Waals surface area contributed by atoms with Crippen LogP contribution in [0.15, 0.2) is 12.3 Å². The third kappa shape index (κ3) is 3.43. The van der Waals surface area contributed by atoms with Gasteiger partial charge in [0.1, 0.15) is 11.5 Å². The van der Waals surface area contributed by atoms with Crippen LogP contribution < -0.4 is 4.90 Å². The Bertz CT molecular complexity index is 979. The van der Waals surface area contributed by atoms with Gasteiger partial charge in [0, 0.05) is 50.4 Å². The van der Waals surface area contributed by atoms with E-state index in [1.165, 1.54) is 16.2 Å². The van der Waals surface area contributed by atoms with Crippen molar-refractivity contribution in [3.8, 4) is 0 Å². The Kier molecular flexibility index (Phi) is 5.16. The van der Waals surface area contributed by atoms with Gasteiger partial charge in [0.05, 0.1) is 12.1 Å². The van der Waals surface area contributed by atoms with Crippen LogP contribution in [-0.2, 0) is 36.0 Å². The fraction of sp³-hybridized carbons (Fsp3) is 0.500. The number of thiophene rings is 1. The Labute approximate surface area is 173 Å². The molecule has 0 spiro atoms. The third-order valence-electron chi connectivity index (χ3n) is 5.70. The maximum Gasteiger partial charge on any atom is 0.257 e. The van der Waals surface area contributed by atoms with Crippen molar-refractivity contribution in [2.45, 2.75) is 32.7 Å². The predicted molar refractivity (Wildman–Crippen MR) is 110 cm³/mol. The highest BCUT2D eigenvalue weighted by Crippen LogP contribution is 2.41. The first-order valence-electron chi connectivity index (χ1n) is 9.85. The molecule has 2 aromatic heterocycles. The van der Waals surface area contributed by atoms with E-state index < -0.39 is 0 Å². The monoisotopic (exact) mass is 415 g/mol. The second-order valence-electron chi connectivity index (χ2n) is 7.49. The van der Waals surface area contributed by atoms with E-state index in [1.807, 2.05) is 24.9 Å². The van der Waals surface area contributed by atoms with Crippen molar-refractivity contribution in [1.29, 1.82) is 0 Å². The normalized spacial score (nSPS) is 16.7. The summed E-state index contributed by atoms with van der Waals surface area (Å²) in [6.07, 6.45) is 3.46. The van der Waals surface area contributed by atoms with Crippen molar-refractivity contribution >= 4 is 34.1 Å². The Balaban J connectivity index is 1.55. The van der Waals surface area contributed by atoms with Crippen LogP contribution in [0.3, 0.4) is 0 Å². The number of hydrogen-bond acceptors (Lipinski definition) is 5. The summed E-state index contributed by atoms with van der Waals surface area (Å²) in [5, 5.41) is 4.88. The molecule has 0 atom stereocenters. The van der Waals surface area contributed by atoms with Crippen molar-refractivity contribution in [3.63, 3.8) is 0 Å². The zero-order chi connectivity index (χ0) is 20.7. The number of rotatable bonds is 4. The second kappa shape index (κ2) is 7.62. The summed E-state index contributed by atoms with van der Waals surface area (Å²) in [6.45, 7) is 3.64. The van der Waals surface area contributed by atoms with E-state index in [0.29, 0.717) is 44.5 Å². The molecule has 2 aliphatic rings. The van der Waals surface area contributed by atoms with Crippen LogP contribution in [0, 0.1) is 0 Å². The molecule has 4 rings (SSSR count). The first kappa shape index (κ1) is 19.6. The van der Waals surface area contributed by atoms with Gasteiger partial charge >= 0.3 is 0 Å². The summed E-state index contributed by atoms with van der Waals surface area (Å²) in [5.41, 5.74) is 2.69. The minimum absolute atomic E-state index is 0.0650. The number of nitrogens with zero attached hydrogens (tertiary/aromatic N) is 5. The lowest BCUT2D eigenvalue weighted by molar-refractivity contribution is -0.132.